The topological polar surface area (TPSA) is 67.2 Å². The van der Waals surface area contributed by atoms with Gasteiger partial charge in [0.15, 0.2) is 0 Å². The van der Waals surface area contributed by atoms with Crippen LogP contribution in [-0.4, -0.2) is 27.3 Å². The molecule has 0 spiro atoms. The first-order chi connectivity index (χ1) is 9.97. The van der Waals surface area contributed by atoms with Crippen molar-refractivity contribution in [2.75, 3.05) is 6.54 Å². The number of carbonyl (C=O) groups excluding carboxylic acids is 1. The number of hydrogen-bond donors (Lipinski definition) is 2. The molecule has 5 nitrogen and oxygen atoms in total. The summed E-state index contributed by atoms with van der Waals surface area (Å²) in [6, 6.07) is 6.81. The Morgan fingerprint density at radius 1 is 1.38 bits per heavy atom. The minimum atomic E-state index is -0.276. The molecule has 0 atom stereocenters. The van der Waals surface area contributed by atoms with Gasteiger partial charge in [-0.05, 0) is 44.5 Å². The first-order valence-electron chi connectivity index (χ1n) is 6.75. The molecule has 0 saturated carbocycles. The van der Waals surface area contributed by atoms with Crippen molar-refractivity contribution in [3.63, 3.8) is 0 Å². The van der Waals surface area contributed by atoms with Crippen LogP contribution in [0.25, 0.3) is 0 Å². The quantitative estimate of drug-likeness (QED) is 0.814. The van der Waals surface area contributed by atoms with Crippen LogP contribution >= 0.6 is 15.9 Å². The lowest BCUT2D eigenvalue weighted by Crippen LogP contribution is -2.25. The van der Waals surface area contributed by atoms with E-state index in [2.05, 4.69) is 26.3 Å². The Morgan fingerprint density at radius 3 is 2.81 bits per heavy atom. The van der Waals surface area contributed by atoms with Crippen LogP contribution in [0.5, 0.6) is 5.75 Å². The number of aromatic hydroxyl groups is 1. The minimum absolute atomic E-state index is 0.0192. The van der Waals surface area contributed by atoms with Crippen LogP contribution in [0.4, 0.5) is 0 Å². The largest absolute Gasteiger partial charge is 0.507 e. The predicted octanol–water partition coefficient (Wildman–Crippen LogP) is 2.79. The van der Waals surface area contributed by atoms with Gasteiger partial charge in [0.2, 0.25) is 0 Å². The van der Waals surface area contributed by atoms with E-state index in [0.29, 0.717) is 6.54 Å². The van der Waals surface area contributed by atoms with Crippen LogP contribution in [-0.2, 0) is 6.54 Å². The van der Waals surface area contributed by atoms with Gasteiger partial charge in [-0.3, -0.25) is 9.48 Å². The molecule has 0 aliphatic carbocycles. The number of amides is 1. The van der Waals surface area contributed by atoms with Crippen molar-refractivity contribution < 1.29 is 9.90 Å². The second-order valence-corrected chi connectivity index (χ2v) is 5.84. The van der Waals surface area contributed by atoms with E-state index in [4.69, 9.17) is 0 Å². The first-order valence-corrected chi connectivity index (χ1v) is 7.54. The summed E-state index contributed by atoms with van der Waals surface area (Å²) in [4.78, 5) is 12.0. The molecule has 0 fully saturated rings. The minimum Gasteiger partial charge on any atom is -0.507 e. The Kier molecular flexibility index (Phi) is 5.01. The third-order valence-electron chi connectivity index (χ3n) is 3.14. The molecule has 0 aliphatic heterocycles. The van der Waals surface area contributed by atoms with Gasteiger partial charge in [0, 0.05) is 23.3 Å². The number of carbonyl (C=O) groups is 1. The van der Waals surface area contributed by atoms with Crippen molar-refractivity contribution in [3.8, 4) is 5.75 Å². The van der Waals surface area contributed by atoms with Crippen LogP contribution in [0.2, 0.25) is 0 Å². The Bertz CT molecular complexity index is 652. The number of phenolic OH excluding ortho intramolecular Hbond substituents is 1. The zero-order chi connectivity index (χ0) is 15.4. The Labute approximate surface area is 132 Å². The number of nitrogens with one attached hydrogen (secondary N) is 1. The van der Waals surface area contributed by atoms with Crippen molar-refractivity contribution in [1.29, 1.82) is 0 Å². The lowest BCUT2D eigenvalue weighted by Gasteiger charge is -2.08. The monoisotopic (exact) mass is 351 g/mol. The fourth-order valence-electron chi connectivity index (χ4n) is 2.12. The van der Waals surface area contributed by atoms with E-state index in [1.165, 1.54) is 6.07 Å². The highest BCUT2D eigenvalue weighted by Gasteiger charge is 2.11. The SMILES string of the molecule is Cc1cc(C)n(CCCNC(=O)c2cc(Br)ccc2O)n1. The molecule has 21 heavy (non-hydrogen) atoms. The molecule has 112 valence electrons. The highest BCUT2D eigenvalue weighted by Crippen LogP contribution is 2.21. The number of aromatic nitrogens is 2. The summed E-state index contributed by atoms with van der Waals surface area (Å²) in [5.41, 5.74) is 2.38. The molecule has 1 amide bonds. The van der Waals surface area contributed by atoms with Gasteiger partial charge in [0.25, 0.3) is 5.91 Å². The fraction of sp³-hybridized carbons (Fsp3) is 0.333. The van der Waals surface area contributed by atoms with Crippen LogP contribution in [0.1, 0.15) is 28.2 Å². The van der Waals surface area contributed by atoms with Gasteiger partial charge in [-0.25, -0.2) is 0 Å². The number of rotatable bonds is 5. The number of halogens is 1. The van der Waals surface area contributed by atoms with Crippen LogP contribution < -0.4 is 5.32 Å². The van der Waals surface area contributed by atoms with Crippen molar-refractivity contribution in [2.24, 2.45) is 0 Å². The van der Waals surface area contributed by atoms with Gasteiger partial charge in [-0.1, -0.05) is 15.9 Å². The van der Waals surface area contributed by atoms with Crippen LogP contribution in [0.3, 0.4) is 0 Å². The molecular formula is C15H18BrN3O2. The first kappa shape index (κ1) is 15.6. The molecule has 1 aromatic heterocycles. The molecule has 2 N–H and O–H groups in total. The molecule has 0 saturated heterocycles. The second-order valence-electron chi connectivity index (χ2n) is 4.92. The maximum atomic E-state index is 12.0. The fourth-order valence-corrected chi connectivity index (χ4v) is 2.48. The molecule has 0 bridgehead atoms. The van der Waals surface area contributed by atoms with Crippen LogP contribution in [0, 0.1) is 13.8 Å². The Morgan fingerprint density at radius 2 is 2.14 bits per heavy atom. The molecule has 2 rings (SSSR count). The van der Waals surface area contributed by atoms with Crippen LogP contribution in [0.15, 0.2) is 28.7 Å². The highest BCUT2D eigenvalue weighted by molar-refractivity contribution is 9.10. The molecule has 0 aliphatic rings. The zero-order valence-electron chi connectivity index (χ0n) is 12.1. The average Bonchev–Trinajstić information content (AvgIpc) is 2.75. The summed E-state index contributed by atoms with van der Waals surface area (Å²) in [7, 11) is 0. The third kappa shape index (κ3) is 4.07. The second kappa shape index (κ2) is 6.76. The summed E-state index contributed by atoms with van der Waals surface area (Å²) >= 11 is 3.28. The number of phenols is 1. The molecule has 0 unspecified atom stereocenters. The van der Waals surface area contributed by atoms with Crippen molar-refractivity contribution in [3.05, 3.63) is 45.7 Å². The Balaban J connectivity index is 1.84. The smallest absolute Gasteiger partial charge is 0.255 e. The molecule has 1 heterocycles. The molecule has 0 radical (unpaired) electrons. The van der Waals surface area contributed by atoms with E-state index in [1.807, 2.05) is 24.6 Å². The third-order valence-corrected chi connectivity index (χ3v) is 3.63. The predicted molar refractivity (Wildman–Crippen MR) is 84.5 cm³/mol. The zero-order valence-corrected chi connectivity index (χ0v) is 13.6. The maximum absolute atomic E-state index is 12.0. The summed E-state index contributed by atoms with van der Waals surface area (Å²) in [5.74, 6) is -0.295. The molecular weight excluding hydrogens is 334 g/mol. The van der Waals surface area contributed by atoms with Gasteiger partial charge >= 0.3 is 0 Å². The average molecular weight is 352 g/mol. The van der Waals surface area contributed by atoms with Gasteiger partial charge in [0.1, 0.15) is 5.75 Å². The number of benzene rings is 1. The lowest BCUT2D eigenvalue weighted by atomic mass is 10.2. The maximum Gasteiger partial charge on any atom is 0.255 e. The number of nitrogens with zero attached hydrogens (tertiary/aromatic N) is 2. The molecule has 6 heteroatoms. The summed E-state index contributed by atoms with van der Waals surface area (Å²) < 4.78 is 2.69. The summed E-state index contributed by atoms with van der Waals surface area (Å²) in [5, 5.41) is 16.9. The molecule has 2 aromatic rings. The number of aryl methyl sites for hydroxylation is 3. The van der Waals surface area contributed by atoms with Gasteiger partial charge in [-0.15, -0.1) is 0 Å². The van der Waals surface area contributed by atoms with Crippen molar-refractivity contribution in [1.82, 2.24) is 15.1 Å². The molecule has 1 aromatic carbocycles. The van der Waals surface area contributed by atoms with E-state index in [9.17, 15) is 9.90 Å². The highest BCUT2D eigenvalue weighted by atomic mass is 79.9. The normalized spacial score (nSPS) is 10.6. The number of hydrogen-bond acceptors (Lipinski definition) is 3. The lowest BCUT2D eigenvalue weighted by molar-refractivity contribution is 0.0950. The van der Waals surface area contributed by atoms with E-state index in [1.54, 1.807) is 12.1 Å². The van der Waals surface area contributed by atoms with Gasteiger partial charge in [-0.2, -0.15) is 5.10 Å². The van der Waals surface area contributed by atoms with Crippen molar-refractivity contribution in [2.45, 2.75) is 26.8 Å². The van der Waals surface area contributed by atoms with E-state index in [-0.39, 0.29) is 17.2 Å². The van der Waals surface area contributed by atoms with Gasteiger partial charge < -0.3 is 10.4 Å². The summed E-state index contributed by atoms with van der Waals surface area (Å²) in [6.45, 7) is 5.26. The standard InChI is InChI=1S/C15H18BrN3O2/c1-10-8-11(2)19(18-10)7-3-6-17-15(21)13-9-12(16)4-5-14(13)20/h4-5,8-9,20H,3,6-7H2,1-2H3,(H,17,21). The van der Waals surface area contributed by atoms with E-state index in [0.717, 1.165) is 28.8 Å². The van der Waals surface area contributed by atoms with E-state index >= 15 is 0 Å². The van der Waals surface area contributed by atoms with Crippen molar-refractivity contribution >= 4 is 21.8 Å². The van der Waals surface area contributed by atoms with Gasteiger partial charge in [0.05, 0.1) is 11.3 Å². The summed E-state index contributed by atoms with van der Waals surface area (Å²) in [6.07, 6.45) is 0.780. The van der Waals surface area contributed by atoms with E-state index < -0.39 is 0 Å². The Hall–Kier alpha value is -1.82.